The third-order valence-electron chi connectivity index (χ3n) is 3.71. The molecule has 0 radical (unpaired) electrons. The molecule has 0 fully saturated rings. The number of esters is 1. The first-order valence-corrected chi connectivity index (χ1v) is 7.90. The van der Waals surface area contributed by atoms with Gasteiger partial charge in [-0.25, -0.2) is 4.79 Å². The maximum atomic E-state index is 12.2. The van der Waals surface area contributed by atoms with Crippen molar-refractivity contribution in [3.05, 3.63) is 69.8 Å². The van der Waals surface area contributed by atoms with E-state index in [0.717, 1.165) is 11.6 Å². The summed E-state index contributed by atoms with van der Waals surface area (Å²) in [5.41, 5.74) is 1.05. The van der Waals surface area contributed by atoms with Gasteiger partial charge in [0.05, 0.1) is 16.5 Å². The fourth-order valence-electron chi connectivity index (χ4n) is 2.35. The van der Waals surface area contributed by atoms with E-state index < -0.39 is 23.4 Å². The highest BCUT2D eigenvalue weighted by Gasteiger charge is 2.19. The van der Waals surface area contributed by atoms with Crippen LogP contribution in [-0.2, 0) is 9.53 Å². The number of ether oxygens (including phenoxy) is 1. The molecular formula is C18H19N3O5. The van der Waals surface area contributed by atoms with Gasteiger partial charge in [0.1, 0.15) is 0 Å². The first-order valence-electron chi connectivity index (χ1n) is 7.90. The maximum Gasteiger partial charge on any atom is 0.341 e. The van der Waals surface area contributed by atoms with Crippen LogP contribution in [0.3, 0.4) is 0 Å². The molecule has 0 aromatic heterocycles. The Hall–Kier alpha value is -3.42. The number of anilines is 1. The van der Waals surface area contributed by atoms with Crippen LogP contribution < -0.4 is 10.6 Å². The zero-order chi connectivity index (χ0) is 19.1. The molecule has 2 rings (SSSR count). The molecule has 136 valence electrons. The minimum absolute atomic E-state index is 0.00870. The summed E-state index contributed by atoms with van der Waals surface area (Å²) >= 11 is 0. The lowest BCUT2D eigenvalue weighted by Gasteiger charge is -2.14. The van der Waals surface area contributed by atoms with Crippen molar-refractivity contribution < 1.29 is 19.2 Å². The van der Waals surface area contributed by atoms with Gasteiger partial charge in [0.15, 0.2) is 6.61 Å². The number of non-ortho nitro benzene ring substituents is 1. The molecule has 1 amide bonds. The zero-order valence-electron chi connectivity index (χ0n) is 14.4. The van der Waals surface area contributed by atoms with E-state index in [1.54, 1.807) is 7.05 Å². The van der Waals surface area contributed by atoms with Crippen molar-refractivity contribution in [3.63, 3.8) is 0 Å². The van der Waals surface area contributed by atoms with Crippen LogP contribution in [0, 0.1) is 10.1 Å². The number of hydrogen-bond acceptors (Lipinski definition) is 6. The summed E-state index contributed by atoms with van der Waals surface area (Å²) in [7, 11) is 1.58. The van der Waals surface area contributed by atoms with Crippen molar-refractivity contribution in [1.82, 2.24) is 5.32 Å². The van der Waals surface area contributed by atoms with E-state index in [1.165, 1.54) is 12.1 Å². The van der Waals surface area contributed by atoms with Crippen LogP contribution in [0.1, 0.15) is 28.9 Å². The molecule has 1 unspecified atom stereocenters. The Morgan fingerprint density at radius 2 is 1.88 bits per heavy atom. The summed E-state index contributed by atoms with van der Waals surface area (Å²) in [5, 5.41) is 16.3. The minimum Gasteiger partial charge on any atom is -0.452 e. The SMILES string of the molecule is CNc1ccc([N+](=O)[O-])cc1C(=O)OCC(=O)NC(C)c1ccccc1. The van der Waals surface area contributed by atoms with Crippen LogP contribution >= 0.6 is 0 Å². The molecule has 0 spiro atoms. The summed E-state index contributed by atoms with van der Waals surface area (Å²) in [5.74, 6) is -1.29. The Morgan fingerprint density at radius 3 is 2.50 bits per heavy atom. The van der Waals surface area contributed by atoms with E-state index in [9.17, 15) is 19.7 Å². The number of rotatable bonds is 7. The third-order valence-corrected chi connectivity index (χ3v) is 3.71. The number of hydrogen-bond donors (Lipinski definition) is 2. The Labute approximate surface area is 150 Å². The largest absolute Gasteiger partial charge is 0.452 e. The van der Waals surface area contributed by atoms with Gasteiger partial charge in [-0.15, -0.1) is 0 Å². The number of benzene rings is 2. The van der Waals surface area contributed by atoms with E-state index >= 15 is 0 Å². The Kier molecular flexibility index (Phi) is 6.26. The summed E-state index contributed by atoms with van der Waals surface area (Å²) in [4.78, 5) is 34.4. The predicted octanol–water partition coefficient (Wildman–Crippen LogP) is 2.67. The number of nitro benzene ring substituents is 1. The van der Waals surface area contributed by atoms with Gasteiger partial charge in [0, 0.05) is 24.9 Å². The van der Waals surface area contributed by atoms with Gasteiger partial charge in [0.2, 0.25) is 0 Å². The van der Waals surface area contributed by atoms with Crippen LogP contribution in [0.4, 0.5) is 11.4 Å². The maximum absolute atomic E-state index is 12.2. The standard InChI is InChI=1S/C18H19N3O5/c1-12(13-6-4-3-5-7-13)20-17(22)11-26-18(23)15-10-14(21(24)25)8-9-16(15)19-2/h3-10,12,19H,11H2,1-2H3,(H,20,22). The second kappa shape index (κ2) is 8.61. The van der Waals surface area contributed by atoms with Crippen LogP contribution in [0.2, 0.25) is 0 Å². The average Bonchev–Trinajstić information content (AvgIpc) is 2.66. The van der Waals surface area contributed by atoms with Gasteiger partial charge in [-0.1, -0.05) is 30.3 Å². The fraction of sp³-hybridized carbons (Fsp3) is 0.222. The minimum atomic E-state index is -0.819. The number of amides is 1. The molecule has 8 heteroatoms. The molecule has 1 atom stereocenters. The first kappa shape index (κ1) is 18.9. The first-order chi connectivity index (χ1) is 12.4. The average molecular weight is 357 g/mol. The molecule has 0 aliphatic carbocycles. The van der Waals surface area contributed by atoms with Gasteiger partial charge < -0.3 is 15.4 Å². The van der Waals surface area contributed by atoms with E-state index in [1.807, 2.05) is 37.3 Å². The quantitative estimate of drug-likeness (QED) is 0.448. The fourth-order valence-corrected chi connectivity index (χ4v) is 2.35. The highest BCUT2D eigenvalue weighted by molar-refractivity contribution is 5.97. The van der Waals surface area contributed by atoms with Crippen LogP contribution in [0.15, 0.2) is 48.5 Å². The van der Waals surface area contributed by atoms with Gasteiger partial charge in [-0.2, -0.15) is 0 Å². The van der Waals surface area contributed by atoms with Gasteiger partial charge in [-0.3, -0.25) is 14.9 Å². The van der Waals surface area contributed by atoms with Crippen molar-refractivity contribution in [2.75, 3.05) is 19.0 Å². The molecular weight excluding hydrogens is 338 g/mol. The molecule has 2 aromatic rings. The molecule has 2 N–H and O–H groups in total. The van der Waals surface area contributed by atoms with Crippen molar-refractivity contribution in [3.8, 4) is 0 Å². The van der Waals surface area contributed by atoms with Crippen molar-refractivity contribution in [2.24, 2.45) is 0 Å². The second-order valence-electron chi connectivity index (χ2n) is 5.51. The predicted molar refractivity (Wildman–Crippen MR) is 95.9 cm³/mol. The van der Waals surface area contributed by atoms with Gasteiger partial charge in [-0.05, 0) is 18.6 Å². The summed E-state index contributed by atoms with van der Waals surface area (Å²) in [6.45, 7) is 1.33. The van der Waals surface area contributed by atoms with Gasteiger partial charge in [0.25, 0.3) is 11.6 Å². The number of nitrogens with one attached hydrogen (secondary N) is 2. The number of carbonyl (C=O) groups is 2. The number of nitro groups is 1. The van der Waals surface area contributed by atoms with Crippen molar-refractivity contribution in [2.45, 2.75) is 13.0 Å². The number of carbonyl (C=O) groups excluding carboxylic acids is 2. The highest BCUT2D eigenvalue weighted by Crippen LogP contribution is 2.22. The third kappa shape index (κ3) is 4.79. The smallest absolute Gasteiger partial charge is 0.341 e. The second-order valence-corrected chi connectivity index (χ2v) is 5.51. The lowest BCUT2D eigenvalue weighted by atomic mass is 10.1. The van der Waals surface area contributed by atoms with Gasteiger partial charge >= 0.3 is 5.97 Å². The normalized spacial score (nSPS) is 11.3. The molecule has 0 bridgehead atoms. The molecule has 0 saturated carbocycles. The Morgan fingerprint density at radius 1 is 1.19 bits per heavy atom. The highest BCUT2D eigenvalue weighted by atomic mass is 16.6. The Balaban J connectivity index is 1.98. The molecule has 2 aromatic carbocycles. The topological polar surface area (TPSA) is 111 Å². The van der Waals surface area contributed by atoms with Crippen LogP contribution in [0.5, 0.6) is 0 Å². The monoisotopic (exact) mass is 357 g/mol. The summed E-state index contributed by atoms with van der Waals surface area (Å²) in [6, 6.07) is 12.9. The van der Waals surface area contributed by atoms with E-state index in [4.69, 9.17) is 4.74 Å². The number of nitrogens with zero attached hydrogens (tertiary/aromatic N) is 1. The molecule has 0 heterocycles. The lowest BCUT2D eigenvalue weighted by molar-refractivity contribution is -0.384. The Bertz CT molecular complexity index is 808. The van der Waals surface area contributed by atoms with Crippen LogP contribution in [-0.4, -0.2) is 30.5 Å². The zero-order valence-corrected chi connectivity index (χ0v) is 14.4. The summed E-state index contributed by atoms with van der Waals surface area (Å²) < 4.78 is 4.99. The van der Waals surface area contributed by atoms with Crippen molar-refractivity contribution >= 4 is 23.3 Å². The molecule has 0 aliphatic heterocycles. The van der Waals surface area contributed by atoms with Crippen LogP contribution in [0.25, 0.3) is 0 Å². The van der Waals surface area contributed by atoms with Crippen molar-refractivity contribution in [1.29, 1.82) is 0 Å². The van der Waals surface area contributed by atoms with E-state index in [2.05, 4.69) is 10.6 Å². The molecule has 26 heavy (non-hydrogen) atoms. The molecule has 0 saturated heterocycles. The summed E-state index contributed by atoms with van der Waals surface area (Å²) in [6.07, 6.45) is 0. The lowest BCUT2D eigenvalue weighted by Crippen LogP contribution is -2.31. The van der Waals surface area contributed by atoms with E-state index in [-0.39, 0.29) is 17.3 Å². The molecule has 8 nitrogen and oxygen atoms in total. The molecule has 0 aliphatic rings. The van der Waals surface area contributed by atoms with E-state index in [0.29, 0.717) is 5.69 Å².